The predicted molar refractivity (Wildman–Crippen MR) is 120 cm³/mol. The van der Waals surface area contributed by atoms with Crippen molar-refractivity contribution in [3.63, 3.8) is 0 Å². The average Bonchev–Trinajstić information content (AvgIpc) is 3.59. The number of H-pyrrole nitrogens is 1. The van der Waals surface area contributed by atoms with E-state index in [2.05, 4.69) is 41.2 Å². The topological polar surface area (TPSA) is 138 Å². The van der Waals surface area contributed by atoms with E-state index in [4.69, 9.17) is 0 Å². The zero-order valence-corrected chi connectivity index (χ0v) is 18.5. The lowest BCUT2D eigenvalue weighted by atomic mass is 10.0. The largest absolute Gasteiger partial charge is 0.347 e. The highest BCUT2D eigenvalue weighted by atomic mass is 32.1. The summed E-state index contributed by atoms with van der Waals surface area (Å²) in [6.45, 7) is 2.42. The lowest BCUT2D eigenvalue weighted by Gasteiger charge is -2.14. The number of rotatable bonds is 6. The second kappa shape index (κ2) is 8.87. The van der Waals surface area contributed by atoms with E-state index in [9.17, 15) is 9.59 Å². The first kappa shape index (κ1) is 20.9. The number of nitrogens with zero attached hydrogens (tertiary/aromatic N) is 5. The molecule has 0 aliphatic heterocycles. The number of tetrazole rings is 1. The van der Waals surface area contributed by atoms with Gasteiger partial charge in [0.25, 0.3) is 11.8 Å². The number of carbonyl (C=O) groups is 2. The normalized spacial score (nSPS) is 14.6. The smallest absolute Gasteiger partial charge is 0.270 e. The molecule has 0 unspecified atom stereocenters. The van der Waals surface area contributed by atoms with Crippen molar-refractivity contribution in [1.29, 1.82) is 0 Å². The van der Waals surface area contributed by atoms with Gasteiger partial charge >= 0.3 is 0 Å². The fourth-order valence-corrected chi connectivity index (χ4v) is 4.60. The van der Waals surface area contributed by atoms with Crippen LogP contribution in [0.3, 0.4) is 0 Å². The summed E-state index contributed by atoms with van der Waals surface area (Å²) in [5.74, 6) is -0.165. The van der Waals surface area contributed by atoms with Crippen LogP contribution in [0.15, 0.2) is 42.0 Å². The third-order valence-corrected chi connectivity index (χ3v) is 6.41. The Balaban J connectivity index is 1.25. The molecule has 11 heteroatoms. The highest BCUT2D eigenvalue weighted by molar-refractivity contribution is 7.10. The highest BCUT2D eigenvalue weighted by Gasteiger charge is 2.26. The zero-order chi connectivity index (χ0) is 22.8. The van der Waals surface area contributed by atoms with E-state index in [0.29, 0.717) is 12.4 Å². The minimum Gasteiger partial charge on any atom is -0.347 e. The summed E-state index contributed by atoms with van der Waals surface area (Å²) < 4.78 is 0. The van der Waals surface area contributed by atoms with Gasteiger partial charge in [0.2, 0.25) is 5.82 Å². The molecule has 3 heterocycles. The number of aromatic nitrogens is 6. The third-order valence-electron chi connectivity index (χ3n) is 5.50. The number of hydrogen-bond acceptors (Lipinski definition) is 8. The summed E-state index contributed by atoms with van der Waals surface area (Å²) in [7, 11) is 0. The van der Waals surface area contributed by atoms with Crippen LogP contribution in [0.5, 0.6) is 0 Å². The van der Waals surface area contributed by atoms with Crippen LogP contribution in [0.4, 0.5) is 0 Å². The minimum absolute atomic E-state index is 0.138. The van der Waals surface area contributed by atoms with Crippen molar-refractivity contribution < 1.29 is 9.59 Å². The Morgan fingerprint density at radius 3 is 2.76 bits per heavy atom. The number of carbonyl (C=O) groups excluding carboxylic acids is 2. The van der Waals surface area contributed by atoms with Crippen LogP contribution >= 0.6 is 11.3 Å². The number of benzene rings is 1. The molecule has 5 rings (SSSR count). The highest BCUT2D eigenvalue weighted by Crippen LogP contribution is 2.33. The molecule has 1 atom stereocenters. The van der Waals surface area contributed by atoms with Crippen LogP contribution in [0.2, 0.25) is 0 Å². The Morgan fingerprint density at radius 2 is 2.00 bits per heavy atom. The van der Waals surface area contributed by atoms with E-state index in [1.165, 1.54) is 17.3 Å². The zero-order valence-electron chi connectivity index (χ0n) is 17.7. The molecule has 4 aromatic rings. The first-order valence-corrected chi connectivity index (χ1v) is 11.3. The number of nitrogens with one attached hydrogen (secondary N) is 3. The molecule has 0 saturated heterocycles. The van der Waals surface area contributed by atoms with Crippen molar-refractivity contribution in [3.05, 3.63) is 75.0 Å². The van der Waals surface area contributed by atoms with Crippen LogP contribution in [0.1, 0.15) is 55.0 Å². The fraction of sp³-hybridized carbons (Fsp3) is 0.227. The molecule has 166 valence electrons. The average molecular weight is 461 g/mol. The van der Waals surface area contributed by atoms with Crippen LogP contribution in [0, 0.1) is 6.92 Å². The predicted octanol–water partition coefficient (Wildman–Crippen LogP) is 2.37. The van der Waals surface area contributed by atoms with Crippen LogP contribution in [-0.2, 0) is 13.0 Å². The molecule has 0 saturated carbocycles. The number of hydrogen-bond donors (Lipinski definition) is 3. The maximum atomic E-state index is 12.9. The van der Waals surface area contributed by atoms with E-state index in [1.807, 2.05) is 36.6 Å². The molecular weight excluding hydrogens is 440 g/mol. The summed E-state index contributed by atoms with van der Waals surface area (Å²) in [4.78, 5) is 34.6. The van der Waals surface area contributed by atoms with Crippen molar-refractivity contribution in [3.8, 4) is 11.4 Å². The molecule has 0 fully saturated rings. The van der Waals surface area contributed by atoms with Gasteiger partial charge in [0.1, 0.15) is 17.7 Å². The Kier molecular flexibility index (Phi) is 5.61. The number of thiophene rings is 1. The number of aryl methyl sites for hydroxylation is 2. The summed E-state index contributed by atoms with van der Waals surface area (Å²) in [5.41, 5.74) is 4.39. The molecule has 0 bridgehead atoms. The second-order valence-corrected chi connectivity index (χ2v) is 8.87. The SMILES string of the molecule is Cc1cc(CNC(=O)c2cc(C(=O)N[C@H]3CCc4cc(-c5nn[nH]n5)ccc43)ncn2)cs1. The van der Waals surface area contributed by atoms with Crippen molar-refractivity contribution >= 4 is 23.2 Å². The van der Waals surface area contributed by atoms with E-state index in [1.54, 1.807) is 11.3 Å². The molecule has 33 heavy (non-hydrogen) atoms. The standard InChI is InChI=1S/C22H20N8O2S/c1-12-6-13(10-33-12)9-23-21(31)18-8-19(25-11-24-18)22(32)26-17-5-3-14-7-15(2-4-16(14)17)20-27-29-30-28-20/h2,4,6-8,10-11,17H,3,5,9H2,1H3,(H,23,31)(H,26,32)(H,27,28,29,30)/t17-/m0/s1. The number of aromatic amines is 1. The van der Waals surface area contributed by atoms with Gasteiger partial charge in [0, 0.05) is 23.1 Å². The van der Waals surface area contributed by atoms with Crippen LogP contribution < -0.4 is 10.6 Å². The molecule has 3 aromatic heterocycles. The van der Waals surface area contributed by atoms with Gasteiger partial charge in [-0.15, -0.1) is 21.5 Å². The monoisotopic (exact) mass is 460 g/mol. The number of fused-ring (bicyclic) bond motifs is 1. The van der Waals surface area contributed by atoms with Crippen molar-refractivity contribution in [2.45, 2.75) is 32.4 Å². The van der Waals surface area contributed by atoms with Crippen molar-refractivity contribution in [2.24, 2.45) is 0 Å². The first-order valence-electron chi connectivity index (χ1n) is 10.4. The van der Waals surface area contributed by atoms with Gasteiger partial charge in [0.15, 0.2) is 0 Å². The molecule has 1 aliphatic rings. The van der Waals surface area contributed by atoms with E-state index >= 15 is 0 Å². The quantitative estimate of drug-likeness (QED) is 0.401. The summed E-state index contributed by atoms with van der Waals surface area (Å²) in [5, 5.41) is 21.9. The summed E-state index contributed by atoms with van der Waals surface area (Å²) >= 11 is 1.63. The fourth-order valence-electron chi connectivity index (χ4n) is 3.89. The first-order chi connectivity index (χ1) is 16.1. The van der Waals surface area contributed by atoms with Gasteiger partial charge in [-0.3, -0.25) is 9.59 Å². The van der Waals surface area contributed by atoms with Gasteiger partial charge in [-0.1, -0.05) is 12.1 Å². The lowest BCUT2D eigenvalue weighted by molar-refractivity contribution is 0.0931. The number of amides is 2. The molecule has 2 amide bonds. The molecule has 10 nitrogen and oxygen atoms in total. The lowest BCUT2D eigenvalue weighted by Crippen LogP contribution is -2.29. The molecule has 0 spiro atoms. The summed E-state index contributed by atoms with van der Waals surface area (Å²) in [6, 6.07) is 9.21. The molecular formula is C22H20N8O2S. The third kappa shape index (κ3) is 4.48. The van der Waals surface area contributed by atoms with E-state index in [-0.39, 0.29) is 29.2 Å². The van der Waals surface area contributed by atoms with Gasteiger partial charge in [-0.2, -0.15) is 5.21 Å². The maximum absolute atomic E-state index is 12.9. The van der Waals surface area contributed by atoms with Gasteiger partial charge in [-0.05, 0) is 59.2 Å². The van der Waals surface area contributed by atoms with Gasteiger partial charge in [-0.25, -0.2) is 9.97 Å². The summed E-state index contributed by atoms with van der Waals surface area (Å²) in [6.07, 6.45) is 2.83. The maximum Gasteiger partial charge on any atom is 0.270 e. The second-order valence-electron chi connectivity index (χ2n) is 7.75. The van der Waals surface area contributed by atoms with Crippen molar-refractivity contribution in [1.82, 2.24) is 41.2 Å². The molecule has 1 aromatic carbocycles. The molecule has 3 N–H and O–H groups in total. The van der Waals surface area contributed by atoms with E-state index in [0.717, 1.165) is 35.1 Å². The van der Waals surface area contributed by atoms with Crippen molar-refractivity contribution in [2.75, 3.05) is 0 Å². The van der Waals surface area contributed by atoms with Gasteiger partial charge in [0.05, 0.1) is 6.04 Å². The Labute approximate surface area is 192 Å². The van der Waals surface area contributed by atoms with E-state index < -0.39 is 0 Å². The Bertz CT molecular complexity index is 1320. The molecule has 0 radical (unpaired) electrons. The van der Waals surface area contributed by atoms with Gasteiger partial charge < -0.3 is 10.6 Å². The minimum atomic E-state index is -0.351. The Hall–Kier alpha value is -3.99. The molecule has 1 aliphatic carbocycles. The van der Waals surface area contributed by atoms with Crippen LogP contribution in [-0.4, -0.2) is 42.4 Å². The van der Waals surface area contributed by atoms with Crippen LogP contribution in [0.25, 0.3) is 11.4 Å². The Morgan fingerprint density at radius 1 is 1.15 bits per heavy atom.